The molecule has 0 saturated carbocycles. The van der Waals surface area contributed by atoms with Gasteiger partial charge in [-0.05, 0) is 36.4 Å². The third kappa shape index (κ3) is 2.58. The van der Waals surface area contributed by atoms with Crippen LogP contribution >= 0.6 is 11.6 Å². The Morgan fingerprint density at radius 1 is 1.19 bits per heavy atom. The number of esters is 1. The maximum atomic E-state index is 11.9. The van der Waals surface area contributed by atoms with E-state index in [0.717, 1.165) is 16.6 Å². The molecule has 0 aliphatic carbocycles. The number of anilines is 2. The number of methoxy groups -OCH3 is 1. The lowest BCUT2D eigenvalue weighted by atomic mass is 10.1. The summed E-state index contributed by atoms with van der Waals surface area (Å²) in [7, 11) is 1.35. The second-order valence-electron chi connectivity index (χ2n) is 4.55. The van der Waals surface area contributed by atoms with Crippen molar-refractivity contribution in [2.24, 2.45) is 0 Å². The molecule has 0 fully saturated rings. The molecule has 2 N–H and O–H groups in total. The summed E-state index contributed by atoms with van der Waals surface area (Å²) in [6.45, 7) is 0. The summed E-state index contributed by atoms with van der Waals surface area (Å²) < 4.78 is 4.80. The summed E-state index contributed by atoms with van der Waals surface area (Å²) in [5, 5.41) is 4.80. The van der Waals surface area contributed by atoms with Crippen LogP contribution in [-0.4, -0.2) is 18.1 Å². The van der Waals surface area contributed by atoms with Gasteiger partial charge in [-0.3, -0.25) is 0 Å². The first-order valence-electron chi connectivity index (χ1n) is 6.40. The number of aromatic amines is 1. The fourth-order valence-electron chi connectivity index (χ4n) is 2.24. The molecule has 0 spiro atoms. The first-order chi connectivity index (χ1) is 10.2. The molecular weight excluding hydrogens is 288 g/mol. The number of fused-ring (bicyclic) bond motifs is 1. The molecule has 0 radical (unpaired) electrons. The SMILES string of the molecule is COC(=O)c1cc(Cl)ccc1Nc1cccc2[nH]ccc12. The van der Waals surface area contributed by atoms with Gasteiger partial charge in [-0.25, -0.2) is 4.79 Å². The van der Waals surface area contributed by atoms with E-state index in [-0.39, 0.29) is 0 Å². The number of aromatic nitrogens is 1. The van der Waals surface area contributed by atoms with Gasteiger partial charge < -0.3 is 15.0 Å². The van der Waals surface area contributed by atoms with Crippen molar-refractivity contribution in [3.63, 3.8) is 0 Å². The van der Waals surface area contributed by atoms with Gasteiger partial charge >= 0.3 is 5.97 Å². The molecule has 3 aromatic rings. The van der Waals surface area contributed by atoms with E-state index in [9.17, 15) is 4.79 Å². The Balaban J connectivity index is 2.05. The summed E-state index contributed by atoms with van der Waals surface area (Å²) in [4.78, 5) is 15.0. The number of hydrogen-bond donors (Lipinski definition) is 2. The molecule has 0 saturated heterocycles. The van der Waals surface area contributed by atoms with Gasteiger partial charge in [0.05, 0.1) is 18.4 Å². The van der Waals surface area contributed by atoms with E-state index in [0.29, 0.717) is 16.3 Å². The summed E-state index contributed by atoms with van der Waals surface area (Å²) in [6, 6.07) is 12.9. The molecule has 1 heterocycles. The number of carbonyl (C=O) groups excluding carboxylic acids is 1. The number of benzene rings is 2. The van der Waals surface area contributed by atoms with Crippen LogP contribution in [0.2, 0.25) is 5.02 Å². The van der Waals surface area contributed by atoms with E-state index in [2.05, 4.69) is 10.3 Å². The number of nitrogens with one attached hydrogen (secondary N) is 2. The molecule has 0 unspecified atom stereocenters. The zero-order valence-electron chi connectivity index (χ0n) is 11.3. The maximum absolute atomic E-state index is 11.9. The van der Waals surface area contributed by atoms with Crippen LogP contribution in [0.15, 0.2) is 48.7 Å². The van der Waals surface area contributed by atoms with Crippen LogP contribution in [0.1, 0.15) is 10.4 Å². The average molecular weight is 301 g/mol. The van der Waals surface area contributed by atoms with Gasteiger partial charge in [0.2, 0.25) is 0 Å². The first-order valence-corrected chi connectivity index (χ1v) is 6.78. The van der Waals surface area contributed by atoms with Gasteiger partial charge in [-0.15, -0.1) is 0 Å². The minimum atomic E-state index is -0.429. The molecule has 5 heteroatoms. The molecule has 21 heavy (non-hydrogen) atoms. The second-order valence-corrected chi connectivity index (χ2v) is 4.99. The lowest BCUT2D eigenvalue weighted by Gasteiger charge is -2.12. The molecule has 1 aromatic heterocycles. The summed E-state index contributed by atoms with van der Waals surface area (Å²) in [5.41, 5.74) is 2.98. The van der Waals surface area contributed by atoms with Crippen LogP contribution in [0.25, 0.3) is 10.9 Å². The second kappa shape index (κ2) is 5.50. The first kappa shape index (κ1) is 13.5. The van der Waals surface area contributed by atoms with E-state index < -0.39 is 5.97 Å². The van der Waals surface area contributed by atoms with Gasteiger partial charge in [0.15, 0.2) is 0 Å². The number of ether oxygens (including phenoxy) is 1. The standard InChI is InChI=1S/C16H13ClN2O2/c1-21-16(20)12-9-10(17)5-6-15(12)19-14-4-2-3-13-11(14)7-8-18-13/h2-9,18-19H,1H3. The molecule has 0 amide bonds. The summed E-state index contributed by atoms with van der Waals surface area (Å²) in [5.74, 6) is -0.429. The van der Waals surface area contributed by atoms with Crippen molar-refractivity contribution in [3.05, 3.63) is 59.2 Å². The van der Waals surface area contributed by atoms with E-state index in [1.165, 1.54) is 7.11 Å². The fraction of sp³-hybridized carbons (Fsp3) is 0.0625. The van der Waals surface area contributed by atoms with E-state index in [1.807, 2.05) is 30.5 Å². The van der Waals surface area contributed by atoms with E-state index in [1.54, 1.807) is 18.2 Å². The van der Waals surface area contributed by atoms with Crippen LogP contribution in [-0.2, 0) is 4.74 Å². The van der Waals surface area contributed by atoms with Gasteiger partial charge in [-0.1, -0.05) is 17.7 Å². The van der Waals surface area contributed by atoms with Crippen molar-refractivity contribution >= 4 is 39.8 Å². The number of hydrogen-bond acceptors (Lipinski definition) is 3. The third-order valence-electron chi connectivity index (χ3n) is 3.25. The minimum absolute atomic E-state index is 0.400. The molecule has 3 rings (SSSR count). The highest BCUT2D eigenvalue weighted by Gasteiger charge is 2.13. The topological polar surface area (TPSA) is 54.1 Å². The largest absolute Gasteiger partial charge is 0.465 e. The third-order valence-corrected chi connectivity index (χ3v) is 3.49. The number of halogens is 1. The highest BCUT2D eigenvalue weighted by Crippen LogP contribution is 2.29. The molecule has 106 valence electrons. The number of rotatable bonds is 3. The maximum Gasteiger partial charge on any atom is 0.340 e. The van der Waals surface area contributed by atoms with Gasteiger partial charge in [0.25, 0.3) is 0 Å². The van der Waals surface area contributed by atoms with Crippen molar-refractivity contribution in [2.45, 2.75) is 0 Å². The van der Waals surface area contributed by atoms with E-state index >= 15 is 0 Å². The average Bonchev–Trinajstić information content (AvgIpc) is 2.97. The minimum Gasteiger partial charge on any atom is -0.465 e. The van der Waals surface area contributed by atoms with Crippen molar-refractivity contribution in [2.75, 3.05) is 12.4 Å². The molecule has 0 aliphatic heterocycles. The zero-order valence-corrected chi connectivity index (χ0v) is 12.1. The Hall–Kier alpha value is -2.46. The predicted octanol–water partition coefficient (Wildman–Crippen LogP) is 4.35. The van der Waals surface area contributed by atoms with Crippen molar-refractivity contribution in [3.8, 4) is 0 Å². The van der Waals surface area contributed by atoms with Crippen LogP contribution in [0.4, 0.5) is 11.4 Å². The predicted molar refractivity (Wildman–Crippen MR) is 84.4 cm³/mol. The van der Waals surface area contributed by atoms with Crippen molar-refractivity contribution < 1.29 is 9.53 Å². The number of H-pyrrole nitrogens is 1. The molecular formula is C16H13ClN2O2. The Bertz CT molecular complexity index is 811. The lowest BCUT2D eigenvalue weighted by Crippen LogP contribution is -2.05. The monoisotopic (exact) mass is 300 g/mol. The van der Waals surface area contributed by atoms with Crippen LogP contribution < -0.4 is 5.32 Å². The highest BCUT2D eigenvalue weighted by molar-refractivity contribution is 6.31. The lowest BCUT2D eigenvalue weighted by molar-refractivity contribution is 0.0602. The Morgan fingerprint density at radius 3 is 2.86 bits per heavy atom. The van der Waals surface area contributed by atoms with Gasteiger partial charge in [0.1, 0.15) is 0 Å². The van der Waals surface area contributed by atoms with Crippen LogP contribution in [0.5, 0.6) is 0 Å². The molecule has 0 aliphatic rings. The smallest absolute Gasteiger partial charge is 0.340 e. The molecule has 2 aromatic carbocycles. The quantitative estimate of drug-likeness (QED) is 0.707. The Labute approximate surface area is 126 Å². The van der Waals surface area contributed by atoms with Crippen molar-refractivity contribution in [1.82, 2.24) is 4.98 Å². The highest BCUT2D eigenvalue weighted by atomic mass is 35.5. The van der Waals surface area contributed by atoms with E-state index in [4.69, 9.17) is 16.3 Å². The Kier molecular flexibility index (Phi) is 3.54. The number of carbonyl (C=O) groups is 1. The Morgan fingerprint density at radius 2 is 2.05 bits per heavy atom. The van der Waals surface area contributed by atoms with Crippen molar-refractivity contribution in [1.29, 1.82) is 0 Å². The normalized spacial score (nSPS) is 10.6. The van der Waals surface area contributed by atoms with Gasteiger partial charge in [0, 0.05) is 27.8 Å². The summed E-state index contributed by atoms with van der Waals surface area (Å²) >= 11 is 5.96. The van der Waals surface area contributed by atoms with Gasteiger partial charge in [-0.2, -0.15) is 0 Å². The molecule has 0 bridgehead atoms. The fourth-order valence-corrected chi connectivity index (χ4v) is 2.42. The molecule has 4 nitrogen and oxygen atoms in total. The van der Waals surface area contributed by atoms with Crippen LogP contribution in [0.3, 0.4) is 0 Å². The zero-order chi connectivity index (χ0) is 14.8. The summed E-state index contributed by atoms with van der Waals surface area (Å²) in [6.07, 6.45) is 1.87. The van der Waals surface area contributed by atoms with Crippen LogP contribution in [0, 0.1) is 0 Å². The molecule has 0 atom stereocenters.